The van der Waals surface area contributed by atoms with Crippen LogP contribution >= 0.6 is 0 Å². The summed E-state index contributed by atoms with van der Waals surface area (Å²) in [6, 6.07) is -12.6. The van der Waals surface area contributed by atoms with Crippen LogP contribution in [0.3, 0.4) is 0 Å². The lowest BCUT2D eigenvalue weighted by Crippen LogP contribution is -2.63. The molecule has 86 heavy (non-hydrogen) atoms. The molecule has 4 N–H and O–H groups in total. The van der Waals surface area contributed by atoms with Gasteiger partial charge >= 0.3 is 0 Å². The van der Waals surface area contributed by atoms with Crippen LogP contribution in [0.25, 0.3) is 0 Å². The van der Waals surface area contributed by atoms with Crippen molar-refractivity contribution in [3.05, 3.63) is 0 Å². The van der Waals surface area contributed by atoms with E-state index in [2.05, 4.69) is 21.3 Å². The van der Waals surface area contributed by atoms with Crippen LogP contribution in [0.1, 0.15) is 176 Å². The molecule has 1 rings (SSSR count). The van der Waals surface area contributed by atoms with Crippen LogP contribution in [-0.4, -0.2) is 221 Å². The topological polar surface area (TPSA) is 276 Å². The Labute approximate surface area is 515 Å². The number of hydrogen-bond donors (Lipinski definition) is 4. The molecule has 0 aromatic carbocycles. The fraction of sp³-hybridized carbons (Fsp3) is 0.810. The Balaban J connectivity index is 4.35. The van der Waals surface area contributed by atoms with E-state index in [9.17, 15) is 47.9 Å². The second-order valence-electron chi connectivity index (χ2n) is 27.4. The summed E-state index contributed by atoms with van der Waals surface area (Å²) < 4.78 is 0. The molecule has 0 aromatic heterocycles. The monoisotopic (exact) mass is 1220 g/mol. The number of nitrogens with one attached hydrogen (secondary N) is 4. The van der Waals surface area contributed by atoms with Crippen molar-refractivity contribution in [2.75, 3.05) is 55.9 Å². The van der Waals surface area contributed by atoms with Crippen molar-refractivity contribution >= 4 is 70.8 Å². The van der Waals surface area contributed by atoms with Gasteiger partial charge in [0, 0.05) is 55.3 Å². The van der Waals surface area contributed by atoms with E-state index in [1.165, 1.54) is 87.7 Å². The van der Waals surface area contributed by atoms with Gasteiger partial charge in [-0.3, -0.25) is 57.5 Å². The van der Waals surface area contributed by atoms with Crippen molar-refractivity contribution in [1.82, 2.24) is 55.6 Å². The summed E-state index contributed by atoms with van der Waals surface area (Å²) >= 11 is 0. The summed E-state index contributed by atoms with van der Waals surface area (Å²) in [7, 11) is 9.84. The Hall–Kier alpha value is -6.16. The average Bonchev–Trinajstić information content (AvgIpc) is 3.54. The minimum absolute atomic E-state index is 0.00108. The number of unbranched alkanes of at least 4 members (excludes halogenated alkanes) is 1. The molecule has 492 valence electrons. The fourth-order valence-electron chi connectivity index (χ4n) is 10.8. The maximum absolute atomic E-state index is 15.1. The summed E-state index contributed by atoms with van der Waals surface area (Å²) in [5.41, 5.74) is -0.554. The lowest BCUT2D eigenvalue weighted by molar-refractivity contribution is -0.157. The summed E-state index contributed by atoms with van der Waals surface area (Å²) in [6.07, 6.45) is 2.33. The van der Waals surface area contributed by atoms with E-state index in [0.717, 1.165) is 16.2 Å². The number of likely N-dealkylation sites (N-methyl/N-ethyl adjacent to an activating group) is 7. The maximum Gasteiger partial charge on any atom is 0.251 e. The number of ketones is 1. The van der Waals surface area contributed by atoms with Crippen molar-refractivity contribution < 1.29 is 57.5 Å². The van der Waals surface area contributed by atoms with Gasteiger partial charge in [0.15, 0.2) is 11.8 Å². The molecule has 11 amide bonds. The predicted molar refractivity (Wildman–Crippen MR) is 332 cm³/mol. The smallest absolute Gasteiger partial charge is 0.251 e. The van der Waals surface area contributed by atoms with Gasteiger partial charge in [0.1, 0.15) is 54.4 Å². The number of nitrogens with zero attached hydrogens (tertiary/aromatic N) is 7. The number of hydrogen-bond acceptors (Lipinski definition) is 12. The van der Waals surface area contributed by atoms with Gasteiger partial charge in [0.05, 0.1) is 6.54 Å². The van der Waals surface area contributed by atoms with Gasteiger partial charge in [-0.15, -0.1) is 0 Å². The van der Waals surface area contributed by atoms with E-state index in [0.29, 0.717) is 12.8 Å². The van der Waals surface area contributed by atoms with E-state index >= 15 is 9.59 Å². The molecule has 23 heteroatoms. The lowest BCUT2D eigenvalue weighted by Gasteiger charge is -2.40. The van der Waals surface area contributed by atoms with Crippen molar-refractivity contribution in [2.45, 2.75) is 236 Å². The zero-order valence-electron chi connectivity index (χ0n) is 57.1. The van der Waals surface area contributed by atoms with Crippen molar-refractivity contribution in [1.29, 1.82) is 0 Å². The molecule has 1 fully saturated rings. The summed E-state index contributed by atoms with van der Waals surface area (Å²) in [4.78, 5) is 183. The van der Waals surface area contributed by atoms with Crippen LogP contribution in [0.2, 0.25) is 0 Å². The predicted octanol–water partition coefficient (Wildman–Crippen LogP) is 4.09. The molecule has 1 aliphatic heterocycles. The fourth-order valence-corrected chi connectivity index (χ4v) is 10.8. The molecule has 0 saturated carbocycles. The minimum Gasteiger partial charge on any atom is -0.343 e. The first-order valence-corrected chi connectivity index (χ1v) is 31.1. The van der Waals surface area contributed by atoms with Gasteiger partial charge in [0.25, 0.3) is 5.91 Å². The molecular formula is C63H113N11O12. The van der Waals surface area contributed by atoms with E-state index in [-0.39, 0.29) is 49.9 Å². The van der Waals surface area contributed by atoms with Crippen molar-refractivity contribution in [3.8, 4) is 0 Å². The molecular weight excluding hydrogens is 1100 g/mol. The Morgan fingerprint density at radius 2 is 0.942 bits per heavy atom. The first-order valence-electron chi connectivity index (χ1n) is 31.1. The average molecular weight is 1220 g/mol. The molecule has 0 spiro atoms. The second-order valence-corrected chi connectivity index (χ2v) is 27.4. The van der Waals surface area contributed by atoms with Crippen LogP contribution in [0.15, 0.2) is 0 Å². The van der Waals surface area contributed by atoms with Gasteiger partial charge in [-0.25, -0.2) is 0 Å². The SMILES string of the molecule is CCCC[C@@H](C)C(=O)[C@H]1C(=O)N[C@@H](CC)C(=O)N(C)CC(=O)N(C)[C@@H](CC(C)(C)C)C(=O)N[C@@H](C(C)C)C(=O)N(C)[C@@H](CC(C)C)C(=O)N[C@@H](C)C(=O)N[C@H](C)C(=O)N(C)[C@@H](CC(C)C)C(=O)N(C)[C@@H](CC(C)C)C(=O)N(C)[C@@H](C(C)C)C(=O)N1C. The first-order chi connectivity index (χ1) is 39.5. The summed E-state index contributed by atoms with van der Waals surface area (Å²) in [6.45, 7) is 31.3. The highest BCUT2D eigenvalue weighted by Crippen LogP contribution is 2.27. The quantitative estimate of drug-likeness (QED) is 0.169. The summed E-state index contributed by atoms with van der Waals surface area (Å²) in [5.74, 6) is -10.5. The molecule has 0 aromatic rings. The second kappa shape index (κ2) is 34.4. The van der Waals surface area contributed by atoms with Crippen LogP contribution in [0, 0.1) is 40.9 Å². The van der Waals surface area contributed by atoms with Crippen LogP contribution in [0.4, 0.5) is 0 Å². The molecule has 0 unspecified atom stereocenters. The Morgan fingerprint density at radius 1 is 0.488 bits per heavy atom. The molecule has 0 bridgehead atoms. The highest BCUT2D eigenvalue weighted by molar-refractivity contribution is 6.10. The van der Waals surface area contributed by atoms with Crippen LogP contribution < -0.4 is 21.3 Å². The third-order valence-corrected chi connectivity index (χ3v) is 16.2. The third kappa shape index (κ3) is 21.9. The van der Waals surface area contributed by atoms with E-state index in [1.54, 1.807) is 41.5 Å². The molecule has 0 aliphatic carbocycles. The normalized spacial score (nSPS) is 26.3. The number of carbonyl (C=O) groups excluding carboxylic acids is 12. The molecule has 23 nitrogen and oxygen atoms in total. The zero-order valence-corrected chi connectivity index (χ0v) is 57.1. The largest absolute Gasteiger partial charge is 0.343 e. The molecule has 1 heterocycles. The number of rotatable bonds is 15. The van der Waals surface area contributed by atoms with Gasteiger partial charge in [-0.05, 0) is 87.4 Å². The van der Waals surface area contributed by atoms with E-state index in [4.69, 9.17) is 0 Å². The Morgan fingerprint density at radius 3 is 1.40 bits per heavy atom. The zero-order chi connectivity index (χ0) is 66.9. The van der Waals surface area contributed by atoms with Crippen LogP contribution in [-0.2, 0) is 57.5 Å². The molecule has 1 aliphatic rings. The third-order valence-electron chi connectivity index (χ3n) is 16.2. The highest BCUT2D eigenvalue weighted by atomic mass is 16.2. The van der Waals surface area contributed by atoms with Gasteiger partial charge < -0.3 is 55.6 Å². The first kappa shape index (κ1) is 77.9. The summed E-state index contributed by atoms with van der Waals surface area (Å²) in [5, 5.41) is 11.0. The maximum atomic E-state index is 15.1. The van der Waals surface area contributed by atoms with Gasteiger partial charge in [0.2, 0.25) is 59.1 Å². The number of amides is 11. The van der Waals surface area contributed by atoms with E-state index < -0.39 is 161 Å². The van der Waals surface area contributed by atoms with Crippen molar-refractivity contribution in [2.24, 2.45) is 40.9 Å². The van der Waals surface area contributed by atoms with E-state index in [1.807, 2.05) is 69.2 Å². The highest BCUT2D eigenvalue weighted by Gasteiger charge is 2.46. The molecule has 0 radical (unpaired) electrons. The van der Waals surface area contributed by atoms with Gasteiger partial charge in [-0.1, -0.05) is 124 Å². The van der Waals surface area contributed by atoms with Gasteiger partial charge in [-0.2, -0.15) is 0 Å². The van der Waals surface area contributed by atoms with Crippen molar-refractivity contribution in [3.63, 3.8) is 0 Å². The number of carbonyl (C=O) groups is 12. The van der Waals surface area contributed by atoms with Crippen LogP contribution in [0.5, 0.6) is 0 Å². The number of Topliss-reactive ketones (excluding diaryl/α,β-unsaturated/α-hetero) is 1. The Kier molecular flexibility index (Phi) is 31.1. The minimum atomic E-state index is -1.77. The standard InChI is InChI=1S/C63H113N11O12/c1-26-28-29-40(13)52(76)51-56(80)66-43(27-2)58(82)68(19)34-48(75)69(20)47(33-63(16,17)18)55(79)67-49(38(9)10)61(85)70(21)44(30-35(3)4)54(78)64-41(14)53(77)65-42(15)57(81)71(22)45(31-36(5)6)59(83)72(23)46(32-37(7)8)60(84)73(24)50(39(11)12)62(86)74(51)25/h35-47,49-51H,26-34H2,1-25H3,(H,64,78)(H,65,77)(H,66,80)(H,67,79)/t40-,41+,42-,43+,44+,45+,46+,47+,49+,50+,51+/m1/s1. The molecule has 11 atom stereocenters. The molecule has 1 saturated heterocycles. The Bertz CT molecular complexity index is 2370. The lowest BCUT2D eigenvalue weighted by atomic mass is 9.87.